The molecule has 2 aromatic carbocycles. The maximum absolute atomic E-state index is 13.0. The van der Waals surface area contributed by atoms with E-state index in [2.05, 4.69) is 14.0 Å². The lowest BCUT2D eigenvalue weighted by Crippen LogP contribution is -2.51. The Morgan fingerprint density at radius 3 is 1.92 bits per heavy atom. The van der Waals surface area contributed by atoms with E-state index in [1.54, 1.807) is 0 Å². The second kappa shape index (κ2) is 7.83. The molecule has 132 valence electrons. The van der Waals surface area contributed by atoms with E-state index in [0.717, 1.165) is 48.1 Å². The molecule has 3 rings (SSSR count). The van der Waals surface area contributed by atoms with E-state index in [1.165, 1.54) is 0 Å². The summed E-state index contributed by atoms with van der Waals surface area (Å²) in [6, 6.07) is 19.9. The first-order valence-corrected chi connectivity index (χ1v) is 9.25. The van der Waals surface area contributed by atoms with E-state index in [1.807, 2.05) is 60.7 Å². The highest BCUT2D eigenvalue weighted by Crippen LogP contribution is 2.28. The van der Waals surface area contributed by atoms with Crippen LogP contribution in [0.1, 0.15) is 36.8 Å². The van der Waals surface area contributed by atoms with Crippen LogP contribution in [0.5, 0.6) is 0 Å². The molecule has 0 saturated carbocycles. The Morgan fingerprint density at radius 1 is 1.00 bits per heavy atom. The van der Waals surface area contributed by atoms with Gasteiger partial charge in [-0.3, -0.25) is 4.79 Å². The SMILES string of the molecule is CC[N+]1(C)CCC(OC(=O)C(c2ccccc2)c2ccccc2)CC1. The molecule has 1 aliphatic heterocycles. The third-order valence-corrected chi connectivity index (χ3v) is 5.53. The molecule has 25 heavy (non-hydrogen) atoms. The number of piperidine rings is 1. The first kappa shape index (κ1) is 17.7. The highest BCUT2D eigenvalue weighted by molar-refractivity contribution is 5.82. The molecule has 0 unspecified atom stereocenters. The molecule has 3 nitrogen and oxygen atoms in total. The van der Waals surface area contributed by atoms with E-state index >= 15 is 0 Å². The van der Waals surface area contributed by atoms with Crippen molar-refractivity contribution in [1.29, 1.82) is 0 Å². The van der Waals surface area contributed by atoms with E-state index in [0.29, 0.717) is 0 Å². The average molecular weight is 338 g/mol. The van der Waals surface area contributed by atoms with E-state index in [9.17, 15) is 4.79 Å². The number of nitrogens with zero attached hydrogens (tertiary/aromatic N) is 1. The summed E-state index contributed by atoms with van der Waals surface area (Å²) in [4.78, 5) is 13.0. The highest BCUT2D eigenvalue weighted by atomic mass is 16.5. The summed E-state index contributed by atoms with van der Waals surface area (Å²) in [6.45, 7) is 5.52. The fourth-order valence-electron chi connectivity index (χ4n) is 3.59. The summed E-state index contributed by atoms with van der Waals surface area (Å²) in [5, 5.41) is 0. The van der Waals surface area contributed by atoms with Gasteiger partial charge in [-0.15, -0.1) is 0 Å². The van der Waals surface area contributed by atoms with Crippen molar-refractivity contribution in [3.8, 4) is 0 Å². The summed E-state index contributed by atoms with van der Waals surface area (Å²) >= 11 is 0. The lowest BCUT2D eigenvalue weighted by atomic mass is 9.91. The molecule has 1 aliphatic rings. The third-order valence-electron chi connectivity index (χ3n) is 5.53. The van der Waals surface area contributed by atoms with Gasteiger partial charge in [0.2, 0.25) is 0 Å². The van der Waals surface area contributed by atoms with Crippen LogP contribution in [0.3, 0.4) is 0 Å². The van der Waals surface area contributed by atoms with Crippen LogP contribution < -0.4 is 0 Å². The number of carbonyl (C=O) groups excluding carboxylic acids is 1. The number of rotatable bonds is 5. The minimum Gasteiger partial charge on any atom is -0.461 e. The van der Waals surface area contributed by atoms with E-state index < -0.39 is 0 Å². The maximum atomic E-state index is 13.0. The molecule has 3 heteroatoms. The molecule has 0 atom stereocenters. The van der Waals surface area contributed by atoms with Gasteiger partial charge in [0.25, 0.3) is 0 Å². The number of hydrogen-bond donors (Lipinski definition) is 0. The number of carbonyl (C=O) groups is 1. The van der Waals surface area contributed by atoms with Gasteiger partial charge < -0.3 is 9.22 Å². The van der Waals surface area contributed by atoms with Crippen LogP contribution in [-0.4, -0.2) is 43.2 Å². The maximum Gasteiger partial charge on any atom is 0.318 e. The monoisotopic (exact) mass is 338 g/mol. The van der Waals surface area contributed by atoms with Crippen molar-refractivity contribution < 1.29 is 14.0 Å². The van der Waals surface area contributed by atoms with Gasteiger partial charge in [-0.05, 0) is 18.1 Å². The number of hydrogen-bond acceptors (Lipinski definition) is 2. The second-order valence-corrected chi connectivity index (χ2v) is 7.27. The van der Waals surface area contributed by atoms with Crippen molar-refractivity contribution in [2.45, 2.75) is 31.8 Å². The molecule has 0 N–H and O–H groups in total. The Morgan fingerprint density at radius 2 is 1.48 bits per heavy atom. The second-order valence-electron chi connectivity index (χ2n) is 7.27. The van der Waals surface area contributed by atoms with Crippen LogP contribution >= 0.6 is 0 Å². The Hall–Kier alpha value is -2.13. The zero-order chi connectivity index (χ0) is 17.7. The number of likely N-dealkylation sites (tertiary alicyclic amines) is 1. The summed E-state index contributed by atoms with van der Waals surface area (Å²) in [7, 11) is 2.29. The van der Waals surface area contributed by atoms with Crippen LogP contribution in [0, 0.1) is 0 Å². The van der Waals surface area contributed by atoms with Crippen LogP contribution in [0.4, 0.5) is 0 Å². The van der Waals surface area contributed by atoms with Crippen LogP contribution in [-0.2, 0) is 9.53 Å². The van der Waals surface area contributed by atoms with Crippen molar-refractivity contribution in [3.63, 3.8) is 0 Å². The van der Waals surface area contributed by atoms with Crippen LogP contribution in [0.15, 0.2) is 60.7 Å². The lowest BCUT2D eigenvalue weighted by Gasteiger charge is -2.39. The molecule has 0 radical (unpaired) electrons. The van der Waals surface area contributed by atoms with Gasteiger partial charge in [-0.1, -0.05) is 60.7 Å². The number of benzene rings is 2. The molecule has 1 heterocycles. The summed E-state index contributed by atoms with van der Waals surface area (Å²) in [6.07, 6.45) is 1.94. The summed E-state index contributed by atoms with van der Waals surface area (Å²) < 4.78 is 7.03. The van der Waals surface area contributed by atoms with Crippen LogP contribution in [0.2, 0.25) is 0 Å². The smallest absolute Gasteiger partial charge is 0.318 e. The van der Waals surface area contributed by atoms with Gasteiger partial charge in [0.1, 0.15) is 12.0 Å². The van der Waals surface area contributed by atoms with E-state index in [-0.39, 0.29) is 18.0 Å². The molecule has 0 aliphatic carbocycles. The van der Waals surface area contributed by atoms with Gasteiger partial charge in [0.15, 0.2) is 0 Å². The number of esters is 1. The van der Waals surface area contributed by atoms with Crippen molar-refractivity contribution in [2.75, 3.05) is 26.7 Å². The lowest BCUT2D eigenvalue weighted by molar-refractivity contribution is -0.913. The molecular formula is C22H28NO2+. The number of ether oxygens (including phenoxy) is 1. The zero-order valence-corrected chi connectivity index (χ0v) is 15.2. The molecule has 0 amide bonds. The van der Waals surface area contributed by atoms with Crippen molar-refractivity contribution in [2.24, 2.45) is 0 Å². The quantitative estimate of drug-likeness (QED) is 0.609. The van der Waals surface area contributed by atoms with Gasteiger partial charge in [0, 0.05) is 12.8 Å². The molecule has 1 fully saturated rings. The Balaban J connectivity index is 1.75. The van der Waals surface area contributed by atoms with Crippen LogP contribution in [0.25, 0.3) is 0 Å². The molecule has 2 aromatic rings. The first-order valence-electron chi connectivity index (χ1n) is 9.25. The third kappa shape index (κ3) is 4.29. The minimum atomic E-state index is -0.351. The van der Waals surface area contributed by atoms with Crippen molar-refractivity contribution >= 4 is 5.97 Å². The van der Waals surface area contributed by atoms with Crippen molar-refractivity contribution in [1.82, 2.24) is 0 Å². The Labute approximate surface area is 150 Å². The zero-order valence-electron chi connectivity index (χ0n) is 15.2. The standard InChI is InChI=1S/C22H28NO2/c1-3-23(2)16-14-20(15-17-23)25-22(24)21(18-10-6-4-7-11-18)19-12-8-5-9-13-19/h4-13,20-21H,3,14-17H2,1-2H3/q+1. The topological polar surface area (TPSA) is 26.3 Å². The Kier molecular flexibility index (Phi) is 5.54. The van der Waals surface area contributed by atoms with E-state index in [4.69, 9.17) is 4.74 Å². The van der Waals surface area contributed by atoms with Gasteiger partial charge in [-0.2, -0.15) is 0 Å². The van der Waals surface area contributed by atoms with Gasteiger partial charge >= 0.3 is 5.97 Å². The largest absolute Gasteiger partial charge is 0.461 e. The Bertz CT molecular complexity index is 636. The van der Waals surface area contributed by atoms with Gasteiger partial charge in [-0.25, -0.2) is 0 Å². The number of quaternary nitrogens is 1. The molecule has 0 aromatic heterocycles. The summed E-state index contributed by atoms with van der Waals surface area (Å²) in [5.41, 5.74) is 1.98. The normalized spacial score (nSPS) is 23.4. The predicted octanol–water partition coefficient (Wildman–Crippen LogP) is 3.99. The minimum absolute atomic E-state index is 0.0418. The summed E-state index contributed by atoms with van der Waals surface area (Å²) in [5.74, 6) is -0.480. The average Bonchev–Trinajstić information content (AvgIpc) is 2.66. The molecule has 1 saturated heterocycles. The first-order chi connectivity index (χ1) is 12.1. The molecular weight excluding hydrogens is 310 g/mol. The highest BCUT2D eigenvalue weighted by Gasteiger charge is 2.33. The van der Waals surface area contributed by atoms with Gasteiger partial charge in [0.05, 0.1) is 26.7 Å². The molecule has 0 spiro atoms. The predicted molar refractivity (Wildman–Crippen MR) is 100 cm³/mol. The van der Waals surface area contributed by atoms with Crippen molar-refractivity contribution in [3.05, 3.63) is 71.8 Å². The molecule has 0 bridgehead atoms. The fourth-order valence-corrected chi connectivity index (χ4v) is 3.59. The fraction of sp³-hybridized carbons (Fsp3) is 0.409.